The van der Waals surface area contributed by atoms with Crippen LogP contribution in [0.4, 0.5) is 5.69 Å². The predicted octanol–water partition coefficient (Wildman–Crippen LogP) is 3.30. The Morgan fingerprint density at radius 2 is 2.11 bits per heavy atom. The molecule has 0 unspecified atom stereocenters. The molecule has 0 saturated heterocycles. The molecule has 27 heavy (non-hydrogen) atoms. The molecule has 0 saturated carbocycles. The fraction of sp³-hybridized carbons (Fsp3) is 0.118. The minimum Gasteiger partial charge on any atom is -0.465 e. The highest BCUT2D eigenvalue weighted by molar-refractivity contribution is 7.99. The fourth-order valence-corrected chi connectivity index (χ4v) is 2.77. The molecule has 1 N–H and O–H groups in total. The van der Waals surface area contributed by atoms with E-state index in [0.29, 0.717) is 16.4 Å². The lowest BCUT2D eigenvalue weighted by molar-refractivity contribution is -0.113. The summed E-state index contributed by atoms with van der Waals surface area (Å²) in [5.41, 5.74) is 1.14. The SMILES string of the molecule is COC(=O)c1ccc(Cl)c(NC(=O)CSc2nnc(-c3ccccn3)o2)c1. The predicted molar refractivity (Wildman–Crippen MR) is 99.7 cm³/mol. The van der Waals surface area contributed by atoms with E-state index in [1.807, 2.05) is 0 Å². The number of pyridine rings is 1. The number of thioether (sulfide) groups is 1. The Kier molecular flexibility index (Phi) is 6.05. The molecular weight excluding hydrogens is 392 g/mol. The van der Waals surface area contributed by atoms with Crippen molar-refractivity contribution in [3.8, 4) is 11.6 Å². The number of anilines is 1. The highest BCUT2D eigenvalue weighted by Gasteiger charge is 2.14. The second-order valence-corrected chi connectivity index (χ2v) is 6.44. The second kappa shape index (κ2) is 8.65. The first-order chi connectivity index (χ1) is 13.1. The summed E-state index contributed by atoms with van der Waals surface area (Å²) in [6.07, 6.45) is 1.62. The van der Waals surface area contributed by atoms with E-state index in [0.717, 1.165) is 11.8 Å². The summed E-state index contributed by atoms with van der Waals surface area (Å²) in [6, 6.07) is 9.79. The molecular formula is C17H13ClN4O4S. The van der Waals surface area contributed by atoms with E-state index in [4.69, 9.17) is 16.0 Å². The van der Waals surface area contributed by atoms with Gasteiger partial charge in [-0.1, -0.05) is 29.4 Å². The van der Waals surface area contributed by atoms with Crippen LogP contribution in [-0.2, 0) is 9.53 Å². The molecule has 0 radical (unpaired) electrons. The molecule has 0 bridgehead atoms. The molecule has 0 fully saturated rings. The number of esters is 1. The van der Waals surface area contributed by atoms with Crippen LogP contribution in [0.25, 0.3) is 11.6 Å². The maximum absolute atomic E-state index is 12.2. The van der Waals surface area contributed by atoms with Crippen molar-refractivity contribution >= 4 is 40.9 Å². The Labute approximate surface area is 163 Å². The van der Waals surface area contributed by atoms with Crippen molar-refractivity contribution in [1.82, 2.24) is 15.2 Å². The minimum atomic E-state index is -0.524. The van der Waals surface area contributed by atoms with E-state index in [9.17, 15) is 9.59 Å². The number of carbonyl (C=O) groups excluding carboxylic acids is 2. The van der Waals surface area contributed by atoms with E-state index >= 15 is 0 Å². The zero-order chi connectivity index (χ0) is 19.2. The zero-order valence-electron chi connectivity index (χ0n) is 14.0. The average Bonchev–Trinajstić information content (AvgIpc) is 3.17. The van der Waals surface area contributed by atoms with Gasteiger partial charge in [-0.15, -0.1) is 10.2 Å². The molecule has 3 rings (SSSR count). The van der Waals surface area contributed by atoms with Gasteiger partial charge in [-0.25, -0.2) is 4.79 Å². The molecule has 0 spiro atoms. The zero-order valence-corrected chi connectivity index (χ0v) is 15.6. The van der Waals surface area contributed by atoms with Gasteiger partial charge >= 0.3 is 5.97 Å². The summed E-state index contributed by atoms with van der Waals surface area (Å²) >= 11 is 7.12. The van der Waals surface area contributed by atoms with Crippen molar-refractivity contribution in [2.75, 3.05) is 18.2 Å². The third-order valence-corrected chi connectivity index (χ3v) is 4.43. The lowest BCUT2D eigenvalue weighted by Crippen LogP contribution is -2.15. The van der Waals surface area contributed by atoms with Crippen LogP contribution < -0.4 is 5.32 Å². The summed E-state index contributed by atoms with van der Waals surface area (Å²) in [5.74, 6) is -0.582. The fourth-order valence-electron chi connectivity index (χ4n) is 2.04. The number of benzene rings is 1. The van der Waals surface area contributed by atoms with Crippen LogP contribution in [0.2, 0.25) is 5.02 Å². The molecule has 2 aromatic heterocycles. The number of aromatic nitrogens is 3. The molecule has 0 aliphatic carbocycles. The summed E-state index contributed by atoms with van der Waals surface area (Å²) in [7, 11) is 1.27. The normalized spacial score (nSPS) is 10.4. The van der Waals surface area contributed by atoms with Crippen LogP contribution in [-0.4, -0.2) is 39.9 Å². The molecule has 0 atom stereocenters. The third-order valence-electron chi connectivity index (χ3n) is 3.28. The summed E-state index contributed by atoms with van der Waals surface area (Å²) in [5, 5.41) is 11.0. The Morgan fingerprint density at radius 3 is 2.85 bits per heavy atom. The van der Waals surface area contributed by atoms with E-state index in [1.54, 1.807) is 24.4 Å². The molecule has 138 valence electrons. The number of hydrogen-bond acceptors (Lipinski definition) is 8. The summed E-state index contributed by atoms with van der Waals surface area (Å²) < 4.78 is 10.1. The highest BCUT2D eigenvalue weighted by Crippen LogP contribution is 2.25. The van der Waals surface area contributed by atoms with Gasteiger partial charge in [0.05, 0.1) is 29.1 Å². The third kappa shape index (κ3) is 4.83. The molecule has 1 amide bonds. The van der Waals surface area contributed by atoms with Gasteiger partial charge in [0.15, 0.2) is 0 Å². The van der Waals surface area contributed by atoms with E-state index in [-0.39, 0.29) is 28.3 Å². The van der Waals surface area contributed by atoms with Crippen molar-refractivity contribution in [3.05, 3.63) is 53.2 Å². The number of hydrogen-bond donors (Lipinski definition) is 1. The molecule has 2 heterocycles. The van der Waals surface area contributed by atoms with Gasteiger partial charge in [0.1, 0.15) is 5.69 Å². The monoisotopic (exact) mass is 404 g/mol. The Bertz CT molecular complexity index is 965. The first kappa shape index (κ1) is 18.9. The summed E-state index contributed by atoms with van der Waals surface area (Å²) in [4.78, 5) is 27.8. The van der Waals surface area contributed by atoms with Gasteiger partial charge in [-0.05, 0) is 30.3 Å². The van der Waals surface area contributed by atoms with Crippen LogP contribution in [0.1, 0.15) is 10.4 Å². The van der Waals surface area contributed by atoms with Crippen LogP contribution in [0, 0.1) is 0 Å². The van der Waals surface area contributed by atoms with Gasteiger partial charge in [-0.3, -0.25) is 9.78 Å². The lowest BCUT2D eigenvalue weighted by Gasteiger charge is -2.08. The maximum Gasteiger partial charge on any atom is 0.337 e. The standard InChI is InChI=1S/C17H13ClN4O4S/c1-25-16(24)10-5-6-11(18)13(8-10)20-14(23)9-27-17-22-21-15(26-17)12-4-2-3-7-19-12/h2-8H,9H2,1H3,(H,20,23). The number of nitrogens with zero attached hydrogens (tertiary/aromatic N) is 3. The van der Waals surface area contributed by atoms with Crippen molar-refractivity contribution in [2.24, 2.45) is 0 Å². The van der Waals surface area contributed by atoms with Crippen LogP contribution in [0.5, 0.6) is 0 Å². The first-order valence-corrected chi connectivity index (χ1v) is 8.98. The minimum absolute atomic E-state index is 0.0165. The van der Waals surface area contributed by atoms with Gasteiger partial charge < -0.3 is 14.5 Å². The van der Waals surface area contributed by atoms with E-state index in [2.05, 4.69) is 25.2 Å². The second-order valence-electron chi connectivity index (χ2n) is 5.11. The molecule has 8 nitrogen and oxygen atoms in total. The smallest absolute Gasteiger partial charge is 0.337 e. The van der Waals surface area contributed by atoms with E-state index in [1.165, 1.54) is 25.3 Å². The Morgan fingerprint density at radius 1 is 1.26 bits per heavy atom. The van der Waals surface area contributed by atoms with E-state index < -0.39 is 5.97 Å². The summed E-state index contributed by atoms with van der Waals surface area (Å²) in [6.45, 7) is 0. The largest absolute Gasteiger partial charge is 0.465 e. The Hall–Kier alpha value is -2.91. The van der Waals surface area contributed by atoms with Gasteiger partial charge in [0.25, 0.3) is 11.1 Å². The van der Waals surface area contributed by atoms with Crippen molar-refractivity contribution in [1.29, 1.82) is 0 Å². The number of nitrogens with one attached hydrogen (secondary N) is 1. The molecule has 1 aromatic carbocycles. The topological polar surface area (TPSA) is 107 Å². The Balaban J connectivity index is 1.61. The molecule has 3 aromatic rings. The van der Waals surface area contributed by atoms with Crippen molar-refractivity contribution in [3.63, 3.8) is 0 Å². The van der Waals surface area contributed by atoms with Gasteiger partial charge in [0.2, 0.25) is 5.91 Å². The number of methoxy groups -OCH3 is 1. The number of ether oxygens (including phenoxy) is 1. The average molecular weight is 405 g/mol. The quantitative estimate of drug-likeness (QED) is 0.492. The van der Waals surface area contributed by atoms with Crippen molar-refractivity contribution in [2.45, 2.75) is 5.22 Å². The number of rotatable bonds is 6. The van der Waals surface area contributed by atoms with Gasteiger partial charge in [0, 0.05) is 6.20 Å². The van der Waals surface area contributed by atoms with Crippen LogP contribution in [0.15, 0.2) is 52.2 Å². The van der Waals surface area contributed by atoms with Crippen LogP contribution in [0.3, 0.4) is 0 Å². The number of halogens is 1. The molecule has 10 heteroatoms. The molecule has 0 aliphatic rings. The van der Waals surface area contributed by atoms with Crippen LogP contribution >= 0.6 is 23.4 Å². The van der Waals surface area contributed by atoms with Crippen molar-refractivity contribution < 1.29 is 18.7 Å². The number of amides is 1. The molecule has 0 aliphatic heterocycles. The maximum atomic E-state index is 12.2. The van der Waals surface area contributed by atoms with Gasteiger partial charge in [-0.2, -0.15) is 0 Å². The first-order valence-electron chi connectivity index (χ1n) is 7.62. The number of carbonyl (C=O) groups is 2. The highest BCUT2D eigenvalue weighted by atomic mass is 35.5. The lowest BCUT2D eigenvalue weighted by atomic mass is 10.2.